The van der Waals surface area contributed by atoms with Crippen molar-refractivity contribution in [2.45, 2.75) is 17.8 Å². The Labute approximate surface area is 122 Å². The summed E-state index contributed by atoms with van der Waals surface area (Å²) in [5.74, 6) is 1.15. The van der Waals surface area contributed by atoms with E-state index in [-0.39, 0.29) is 6.61 Å². The van der Waals surface area contributed by atoms with Gasteiger partial charge in [0.15, 0.2) is 11.0 Å². The van der Waals surface area contributed by atoms with E-state index in [4.69, 9.17) is 5.11 Å². The van der Waals surface area contributed by atoms with Gasteiger partial charge in [-0.1, -0.05) is 48.2 Å². The third kappa shape index (κ3) is 3.47. The molecule has 0 aliphatic rings. The van der Waals surface area contributed by atoms with Crippen LogP contribution in [0.4, 0.5) is 0 Å². The second-order valence-corrected chi connectivity index (χ2v) is 5.21. The number of thioether (sulfide) groups is 1. The van der Waals surface area contributed by atoms with E-state index >= 15 is 0 Å². The molecule has 6 heteroatoms. The van der Waals surface area contributed by atoms with Crippen LogP contribution in [-0.2, 0) is 6.54 Å². The third-order valence-corrected chi connectivity index (χ3v) is 3.79. The maximum absolute atomic E-state index is 9.42. The van der Waals surface area contributed by atoms with Gasteiger partial charge in [0.2, 0.25) is 0 Å². The molecule has 0 saturated heterocycles. The molecule has 1 aromatic carbocycles. The fraction of sp³-hybridized carbons (Fsp3) is 0.286. The van der Waals surface area contributed by atoms with Crippen LogP contribution >= 0.6 is 11.8 Å². The molecule has 1 atom stereocenters. The fourth-order valence-electron chi connectivity index (χ4n) is 1.71. The zero-order valence-electron chi connectivity index (χ0n) is 11.0. The van der Waals surface area contributed by atoms with Gasteiger partial charge >= 0.3 is 0 Å². The van der Waals surface area contributed by atoms with Gasteiger partial charge < -0.3 is 10.2 Å². The van der Waals surface area contributed by atoms with Crippen molar-refractivity contribution in [2.75, 3.05) is 12.4 Å². The Morgan fingerprint density at radius 2 is 2.05 bits per heavy atom. The predicted octanol–water partition coefficient (Wildman–Crippen LogP) is 1.58. The van der Waals surface area contributed by atoms with E-state index in [0.717, 1.165) is 11.4 Å². The third-order valence-electron chi connectivity index (χ3n) is 2.68. The lowest BCUT2D eigenvalue weighted by atomic mass is 10.2. The van der Waals surface area contributed by atoms with E-state index in [1.54, 1.807) is 6.08 Å². The van der Waals surface area contributed by atoms with Gasteiger partial charge in [0.1, 0.15) is 0 Å². The summed E-state index contributed by atoms with van der Waals surface area (Å²) in [6.07, 6.45) is 1.02. The van der Waals surface area contributed by atoms with Crippen LogP contribution in [0.15, 0.2) is 48.1 Å². The van der Waals surface area contributed by atoms with Gasteiger partial charge in [0.05, 0.1) is 12.7 Å². The highest BCUT2D eigenvalue weighted by Crippen LogP contribution is 2.24. The number of hydrogen-bond acceptors (Lipinski definition) is 5. The molecule has 1 aromatic heterocycles. The lowest BCUT2D eigenvalue weighted by molar-refractivity contribution is 0.113. The maximum Gasteiger partial charge on any atom is 0.191 e. The standard InChI is InChI=1S/C14H17N3O2S/c1-2-8-17-13(11-6-4-3-5-7-11)15-16-14(17)20-10-12(19)9-18/h2-7,12,18-19H,1,8-10H2. The van der Waals surface area contributed by atoms with Crippen molar-refractivity contribution >= 4 is 11.8 Å². The molecule has 0 aliphatic carbocycles. The van der Waals surface area contributed by atoms with Crippen LogP contribution in [-0.4, -0.2) is 43.4 Å². The van der Waals surface area contributed by atoms with Gasteiger partial charge in [-0.15, -0.1) is 16.8 Å². The van der Waals surface area contributed by atoms with E-state index in [9.17, 15) is 5.11 Å². The van der Waals surface area contributed by atoms with Gasteiger partial charge in [-0.2, -0.15) is 0 Å². The maximum atomic E-state index is 9.42. The van der Waals surface area contributed by atoms with Crippen LogP contribution in [0.1, 0.15) is 0 Å². The number of aromatic nitrogens is 3. The molecule has 1 heterocycles. The van der Waals surface area contributed by atoms with Crippen molar-refractivity contribution in [2.24, 2.45) is 0 Å². The number of benzene rings is 1. The Hall–Kier alpha value is -1.63. The molecular formula is C14H17N3O2S. The summed E-state index contributed by atoms with van der Waals surface area (Å²) >= 11 is 1.37. The zero-order valence-corrected chi connectivity index (χ0v) is 11.8. The molecule has 0 radical (unpaired) electrons. The Morgan fingerprint density at radius 3 is 2.70 bits per heavy atom. The summed E-state index contributed by atoms with van der Waals surface area (Å²) in [5, 5.41) is 27.3. The number of aliphatic hydroxyl groups excluding tert-OH is 2. The average molecular weight is 291 g/mol. The van der Waals surface area contributed by atoms with Gasteiger partial charge in [0.25, 0.3) is 0 Å². The molecule has 0 aliphatic heterocycles. The van der Waals surface area contributed by atoms with Crippen LogP contribution in [0.2, 0.25) is 0 Å². The van der Waals surface area contributed by atoms with E-state index in [0.29, 0.717) is 17.5 Å². The lowest BCUT2D eigenvalue weighted by Gasteiger charge is -2.09. The molecule has 1 unspecified atom stereocenters. The molecule has 0 amide bonds. The molecule has 0 fully saturated rings. The van der Waals surface area contributed by atoms with Gasteiger partial charge in [-0.3, -0.25) is 4.57 Å². The van der Waals surface area contributed by atoms with Crippen molar-refractivity contribution in [1.82, 2.24) is 14.8 Å². The molecule has 0 spiro atoms. The largest absolute Gasteiger partial charge is 0.394 e. The highest BCUT2D eigenvalue weighted by atomic mass is 32.2. The lowest BCUT2D eigenvalue weighted by Crippen LogP contribution is -2.15. The highest BCUT2D eigenvalue weighted by Gasteiger charge is 2.14. The fourth-order valence-corrected chi connectivity index (χ4v) is 2.58. The van der Waals surface area contributed by atoms with E-state index in [2.05, 4.69) is 16.8 Å². The second kappa shape index (κ2) is 7.23. The Bertz CT molecular complexity index is 557. The zero-order chi connectivity index (χ0) is 14.4. The first-order valence-electron chi connectivity index (χ1n) is 6.27. The summed E-state index contributed by atoms with van der Waals surface area (Å²) < 4.78 is 1.94. The molecule has 106 valence electrons. The first-order valence-corrected chi connectivity index (χ1v) is 7.26. The molecule has 0 saturated carbocycles. The number of nitrogens with zero attached hydrogens (tertiary/aromatic N) is 3. The van der Waals surface area contributed by atoms with Gasteiger partial charge in [-0.25, -0.2) is 0 Å². The van der Waals surface area contributed by atoms with Crippen molar-refractivity contribution < 1.29 is 10.2 Å². The van der Waals surface area contributed by atoms with Crippen molar-refractivity contribution in [3.05, 3.63) is 43.0 Å². The molecule has 2 aromatic rings. The summed E-state index contributed by atoms with van der Waals surface area (Å²) in [4.78, 5) is 0. The first kappa shape index (κ1) is 14.8. The Balaban J connectivity index is 2.25. The molecule has 20 heavy (non-hydrogen) atoms. The number of rotatable bonds is 7. The second-order valence-electron chi connectivity index (χ2n) is 4.22. The summed E-state index contributed by atoms with van der Waals surface area (Å²) in [6.45, 7) is 4.08. The minimum atomic E-state index is -0.756. The van der Waals surface area contributed by atoms with Crippen molar-refractivity contribution in [3.63, 3.8) is 0 Å². The Kier molecular flexibility index (Phi) is 5.34. The molecule has 2 N–H and O–H groups in total. The van der Waals surface area contributed by atoms with Crippen LogP contribution in [0.25, 0.3) is 11.4 Å². The van der Waals surface area contributed by atoms with E-state index in [1.165, 1.54) is 11.8 Å². The summed E-state index contributed by atoms with van der Waals surface area (Å²) in [6, 6.07) is 9.79. The minimum Gasteiger partial charge on any atom is -0.394 e. The van der Waals surface area contributed by atoms with Gasteiger partial charge in [0, 0.05) is 17.9 Å². The quantitative estimate of drug-likeness (QED) is 0.598. The van der Waals surface area contributed by atoms with E-state index in [1.807, 2.05) is 34.9 Å². The summed E-state index contributed by atoms with van der Waals surface area (Å²) in [7, 11) is 0. The smallest absolute Gasteiger partial charge is 0.191 e. The SMILES string of the molecule is C=CCn1c(SCC(O)CO)nnc1-c1ccccc1. The van der Waals surface area contributed by atoms with Crippen molar-refractivity contribution in [3.8, 4) is 11.4 Å². The monoisotopic (exact) mass is 291 g/mol. The Morgan fingerprint density at radius 1 is 1.30 bits per heavy atom. The highest BCUT2D eigenvalue weighted by molar-refractivity contribution is 7.99. The molecule has 5 nitrogen and oxygen atoms in total. The summed E-state index contributed by atoms with van der Waals surface area (Å²) in [5.41, 5.74) is 0.983. The molecule has 2 rings (SSSR count). The van der Waals surface area contributed by atoms with Crippen LogP contribution < -0.4 is 0 Å². The molecular weight excluding hydrogens is 274 g/mol. The molecule has 0 bridgehead atoms. The number of allylic oxidation sites excluding steroid dienone is 1. The van der Waals surface area contributed by atoms with Crippen LogP contribution in [0, 0.1) is 0 Å². The van der Waals surface area contributed by atoms with Crippen LogP contribution in [0.3, 0.4) is 0 Å². The number of hydrogen-bond donors (Lipinski definition) is 2. The number of aliphatic hydroxyl groups is 2. The van der Waals surface area contributed by atoms with Crippen molar-refractivity contribution in [1.29, 1.82) is 0 Å². The first-order chi connectivity index (χ1) is 9.76. The predicted molar refractivity (Wildman–Crippen MR) is 79.5 cm³/mol. The van der Waals surface area contributed by atoms with E-state index < -0.39 is 6.10 Å². The normalized spacial score (nSPS) is 12.3. The average Bonchev–Trinajstić information content (AvgIpc) is 2.89. The minimum absolute atomic E-state index is 0.256. The topological polar surface area (TPSA) is 71.2 Å². The van der Waals surface area contributed by atoms with Crippen LogP contribution in [0.5, 0.6) is 0 Å². The van der Waals surface area contributed by atoms with Gasteiger partial charge in [-0.05, 0) is 0 Å².